The van der Waals surface area contributed by atoms with Crippen LogP contribution in [-0.4, -0.2) is 25.4 Å². The summed E-state index contributed by atoms with van der Waals surface area (Å²) in [6, 6.07) is 6.81. The average Bonchev–Trinajstić information content (AvgIpc) is 2.86. The number of hydrogen-bond donors (Lipinski definition) is 1. The first kappa shape index (κ1) is 12.5. The van der Waals surface area contributed by atoms with E-state index in [0.29, 0.717) is 0 Å². The van der Waals surface area contributed by atoms with Crippen molar-refractivity contribution >= 4 is 11.8 Å². The van der Waals surface area contributed by atoms with Crippen molar-refractivity contribution in [3.05, 3.63) is 41.9 Å². The zero-order chi connectivity index (χ0) is 12.1. The third-order valence-corrected chi connectivity index (χ3v) is 3.76. The van der Waals surface area contributed by atoms with E-state index in [1.165, 1.54) is 12.1 Å². The quantitative estimate of drug-likeness (QED) is 0.815. The smallest absolute Gasteiger partial charge is 0.123 e. The molecule has 1 atom stereocenters. The van der Waals surface area contributed by atoms with Gasteiger partial charge in [0.05, 0.1) is 12.6 Å². The number of rotatable bonds is 5. The highest BCUT2D eigenvalue weighted by molar-refractivity contribution is 7.99. The molecular weight excluding hydrogens is 237 g/mol. The van der Waals surface area contributed by atoms with Gasteiger partial charge in [0.15, 0.2) is 0 Å². The monoisotopic (exact) mass is 253 g/mol. The van der Waals surface area contributed by atoms with Gasteiger partial charge < -0.3 is 10.1 Å². The molecule has 2 nitrogen and oxygen atoms in total. The lowest BCUT2D eigenvalue weighted by atomic mass is 10.2. The number of ether oxygens (including phenoxy) is 1. The van der Waals surface area contributed by atoms with Gasteiger partial charge in [0.1, 0.15) is 11.6 Å². The van der Waals surface area contributed by atoms with Crippen molar-refractivity contribution in [1.29, 1.82) is 0 Å². The Morgan fingerprint density at radius 1 is 1.41 bits per heavy atom. The van der Waals surface area contributed by atoms with Crippen molar-refractivity contribution in [2.75, 3.05) is 19.4 Å². The first-order valence-electron chi connectivity index (χ1n) is 5.68. The Labute approximate surface area is 105 Å². The third kappa shape index (κ3) is 3.48. The SMILES string of the molecule is CNC(CSc1ccc(F)cc1)C1=CCCO1. The highest BCUT2D eigenvalue weighted by atomic mass is 32.2. The van der Waals surface area contributed by atoms with E-state index in [4.69, 9.17) is 4.74 Å². The summed E-state index contributed by atoms with van der Waals surface area (Å²) >= 11 is 1.70. The van der Waals surface area contributed by atoms with Gasteiger partial charge in [-0.2, -0.15) is 0 Å². The van der Waals surface area contributed by atoms with Crippen LogP contribution in [0.1, 0.15) is 6.42 Å². The molecule has 0 fully saturated rings. The van der Waals surface area contributed by atoms with E-state index in [-0.39, 0.29) is 11.9 Å². The largest absolute Gasteiger partial charge is 0.496 e. The number of halogens is 1. The molecule has 1 aliphatic rings. The molecule has 0 amide bonds. The summed E-state index contributed by atoms with van der Waals surface area (Å²) < 4.78 is 18.3. The summed E-state index contributed by atoms with van der Waals surface area (Å²) in [5.41, 5.74) is 0. The summed E-state index contributed by atoms with van der Waals surface area (Å²) in [5, 5.41) is 3.24. The summed E-state index contributed by atoms with van der Waals surface area (Å²) in [7, 11) is 1.93. The van der Waals surface area contributed by atoms with Crippen LogP contribution < -0.4 is 5.32 Å². The fourth-order valence-corrected chi connectivity index (χ4v) is 2.72. The molecule has 92 valence electrons. The van der Waals surface area contributed by atoms with Gasteiger partial charge in [-0.3, -0.25) is 0 Å². The van der Waals surface area contributed by atoms with Crippen LogP contribution in [0.2, 0.25) is 0 Å². The van der Waals surface area contributed by atoms with Gasteiger partial charge in [0, 0.05) is 17.1 Å². The Hall–Kier alpha value is -1.00. The van der Waals surface area contributed by atoms with Crippen LogP contribution >= 0.6 is 11.8 Å². The molecule has 4 heteroatoms. The molecule has 0 saturated carbocycles. The lowest BCUT2D eigenvalue weighted by Gasteiger charge is -2.16. The van der Waals surface area contributed by atoms with Crippen LogP contribution in [0, 0.1) is 5.82 Å². The fraction of sp³-hybridized carbons (Fsp3) is 0.385. The Balaban J connectivity index is 1.89. The van der Waals surface area contributed by atoms with Crippen LogP contribution in [0.25, 0.3) is 0 Å². The standard InChI is InChI=1S/C13H16FNOS/c1-15-12(13-3-2-8-16-13)9-17-11-6-4-10(14)5-7-11/h3-7,12,15H,2,8-9H2,1H3. The van der Waals surface area contributed by atoms with Crippen LogP contribution in [0.15, 0.2) is 41.0 Å². The number of nitrogens with one attached hydrogen (secondary N) is 1. The average molecular weight is 253 g/mol. The lowest BCUT2D eigenvalue weighted by molar-refractivity contribution is 0.222. The molecule has 1 N–H and O–H groups in total. The van der Waals surface area contributed by atoms with E-state index >= 15 is 0 Å². The van der Waals surface area contributed by atoms with E-state index in [2.05, 4.69) is 11.4 Å². The van der Waals surface area contributed by atoms with E-state index < -0.39 is 0 Å². The Morgan fingerprint density at radius 2 is 2.18 bits per heavy atom. The van der Waals surface area contributed by atoms with Gasteiger partial charge in [0.2, 0.25) is 0 Å². The molecule has 1 aromatic carbocycles. The van der Waals surface area contributed by atoms with Crippen LogP contribution in [-0.2, 0) is 4.74 Å². The molecule has 17 heavy (non-hydrogen) atoms. The second-order valence-electron chi connectivity index (χ2n) is 3.85. The highest BCUT2D eigenvalue weighted by Gasteiger charge is 2.17. The molecule has 1 unspecified atom stereocenters. The van der Waals surface area contributed by atoms with Crippen molar-refractivity contribution in [3.8, 4) is 0 Å². The molecule has 0 saturated heterocycles. The topological polar surface area (TPSA) is 21.3 Å². The molecular formula is C13H16FNOS. The van der Waals surface area contributed by atoms with E-state index in [0.717, 1.165) is 29.4 Å². The van der Waals surface area contributed by atoms with Crippen LogP contribution in [0.5, 0.6) is 0 Å². The number of thioether (sulfide) groups is 1. The molecule has 2 rings (SSSR count). The predicted molar refractivity (Wildman–Crippen MR) is 68.6 cm³/mol. The summed E-state index contributed by atoms with van der Waals surface area (Å²) in [4.78, 5) is 1.07. The van der Waals surface area contributed by atoms with Crippen LogP contribution in [0.3, 0.4) is 0 Å². The van der Waals surface area contributed by atoms with Crippen molar-refractivity contribution in [2.24, 2.45) is 0 Å². The van der Waals surface area contributed by atoms with Gasteiger partial charge in [-0.05, 0) is 37.4 Å². The second-order valence-corrected chi connectivity index (χ2v) is 4.94. The summed E-state index contributed by atoms with van der Waals surface area (Å²) in [6.45, 7) is 0.786. The minimum atomic E-state index is -0.193. The highest BCUT2D eigenvalue weighted by Crippen LogP contribution is 2.23. The molecule has 0 aromatic heterocycles. The maximum atomic E-state index is 12.7. The number of benzene rings is 1. The summed E-state index contributed by atoms with van der Waals surface area (Å²) in [5.74, 6) is 1.72. The molecule has 0 radical (unpaired) electrons. The lowest BCUT2D eigenvalue weighted by Crippen LogP contribution is -2.30. The minimum absolute atomic E-state index is 0.193. The maximum Gasteiger partial charge on any atom is 0.123 e. The van der Waals surface area contributed by atoms with E-state index in [1.807, 2.05) is 7.05 Å². The zero-order valence-corrected chi connectivity index (χ0v) is 10.6. The third-order valence-electron chi connectivity index (χ3n) is 2.65. The van der Waals surface area contributed by atoms with Gasteiger partial charge in [-0.1, -0.05) is 0 Å². The van der Waals surface area contributed by atoms with Gasteiger partial charge >= 0.3 is 0 Å². The second kappa shape index (κ2) is 6.07. The van der Waals surface area contributed by atoms with Crippen molar-refractivity contribution in [1.82, 2.24) is 5.32 Å². The Kier molecular flexibility index (Phi) is 4.45. The minimum Gasteiger partial charge on any atom is -0.496 e. The van der Waals surface area contributed by atoms with Crippen LogP contribution in [0.4, 0.5) is 4.39 Å². The Morgan fingerprint density at radius 3 is 2.76 bits per heavy atom. The summed E-state index contributed by atoms with van der Waals surface area (Å²) in [6.07, 6.45) is 3.13. The van der Waals surface area contributed by atoms with Crippen molar-refractivity contribution in [2.45, 2.75) is 17.4 Å². The van der Waals surface area contributed by atoms with E-state index in [1.54, 1.807) is 23.9 Å². The number of likely N-dealkylation sites (N-methyl/N-ethyl adjacent to an activating group) is 1. The van der Waals surface area contributed by atoms with Crippen molar-refractivity contribution in [3.63, 3.8) is 0 Å². The number of hydrogen-bond acceptors (Lipinski definition) is 3. The zero-order valence-electron chi connectivity index (χ0n) is 9.78. The molecule has 1 aliphatic heterocycles. The fourth-order valence-electron chi connectivity index (χ4n) is 1.70. The van der Waals surface area contributed by atoms with Gasteiger partial charge in [0.25, 0.3) is 0 Å². The predicted octanol–water partition coefficient (Wildman–Crippen LogP) is 2.81. The van der Waals surface area contributed by atoms with E-state index in [9.17, 15) is 4.39 Å². The van der Waals surface area contributed by atoms with Crippen molar-refractivity contribution < 1.29 is 9.13 Å². The molecule has 0 aliphatic carbocycles. The first-order valence-corrected chi connectivity index (χ1v) is 6.66. The normalized spacial score (nSPS) is 16.5. The Bertz CT molecular complexity index is 391. The maximum absolute atomic E-state index is 12.7. The van der Waals surface area contributed by atoms with Gasteiger partial charge in [-0.25, -0.2) is 4.39 Å². The molecule has 1 heterocycles. The molecule has 0 spiro atoms. The first-order chi connectivity index (χ1) is 8.29. The van der Waals surface area contributed by atoms with Gasteiger partial charge in [-0.15, -0.1) is 11.8 Å². The molecule has 0 bridgehead atoms. The molecule has 1 aromatic rings.